The summed E-state index contributed by atoms with van der Waals surface area (Å²) in [5.41, 5.74) is 7.99. The number of rotatable bonds is 4. The van der Waals surface area contributed by atoms with E-state index in [1.54, 1.807) is 0 Å². The van der Waals surface area contributed by atoms with Gasteiger partial charge in [-0.3, -0.25) is 4.79 Å². The third kappa shape index (κ3) is 3.51. The minimum absolute atomic E-state index is 0.156. The third-order valence-electron chi connectivity index (χ3n) is 4.19. The summed E-state index contributed by atoms with van der Waals surface area (Å²) in [5, 5.41) is 6.49. The van der Waals surface area contributed by atoms with Crippen LogP contribution in [0.15, 0.2) is 24.3 Å². The zero-order chi connectivity index (χ0) is 13.9. The molecule has 20 heavy (non-hydrogen) atoms. The predicted octanol–water partition coefficient (Wildman–Crippen LogP) is 2.72. The number of carbonyl (C=O) groups excluding carboxylic acids is 1. The van der Waals surface area contributed by atoms with Crippen molar-refractivity contribution in [3.8, 4) is 0 Å². The number of nitrogens with one attached hydrogen (secondary N) is 2. The van der Waals surface area contributed by atoms with Crippen LogP contribution in [-0.4, -0.2) is 18.0 Å². The van der Waals surface area contributed by atoms with Crippen molar-refractivity contribution in [2.24, 2.45) is 11.7 Å². The number of hydrogen-bond donors (Lipinski definition) is 3. The molecule has 2 unspecified atom stereocenters. The van der Waals surface area contributed by atoms with E-state index in [0.717, 1.165) is 37.1 Å². The van der Waals surface area contributed by atoms with Crippen LogP contribution < -0.4 is 16.4 Å². The lowest BCUT2D eigenvalue weighted by molar-refractivity contribution is -0.117. The molecule has 2 aliphatic carbocycles. The maximum atomic E-state index is 11.7. The topological polar surface area (TPSA) is 67.2 Å². The molecule has 0 bridgehead atoms. The molecule has 3 rings (SSSR count). The summed E-state index contributed by atoms with van der Waals surface area (Å²) in [5.74, 6) is 0.403. The van der Waals surface area contributed by atoms with Crippen molar-refractivity contribution in [3.63, 3.8) is 0 Å². The van der Waals surface area contributed by atoms with Crippen LogP contribution in [0, 0.1) is 5.92 Å². The van der Waals surface area contributed by atoms with Crippen LogP contribution in [0.25, 0.3) is 0 Å². The van der Waals surface area contributed by atoms with Gasteiger partial charge in [0.15, 0.2) is 0 Å². The number of hydrogen-bond acceptors (Lipinski definition) is 3. The van der Waals surface area contributed by atoms with Gasteiger partial charge in [0, 0.05) is 29.4 Å². The largest absolute Gasteiger partial charge is 0.382 e. The Morgan fingerprint density at radius 1 is 1.05 bits per heavy atom. The Morgan fingerprint density at radius 2 is 1.75 bits per heavy atom. The fraction of sp³-hybridized carbons (Fsp3) is 0.562. The molecule has 4 N–H and O–H groups in total. The smallest absolute Gasteiger partial charge is 0.227 e. The van der Waals surface area contributed by atoms with Gasteiger partial charge in [-0.2, -0.15) is 0 Å². The average Bonchev–Trinajstić information content (AvgIpc) is 3.25. The summed E-state index contributed by atoms with van der Waals surface area (Å²) in [7, 11) is 0. The highest BCUT2D eigenvalue weighted by Crippen LogP contribution is 2.30. The molecule has 0 spiro atoms. The van der Waals surface area contributed by atoms with Crippen molar-refractivity contribution in [1.29, 1.82) is 0 Å². The van der Waals surface area contributed by atoms with E-state index in [1.165, 1.54) is 12.8 Å². The molecule has 108 valence electrons. The van der Waals surface area contributed by atoms with E-state index in [0.29, 0.717) is 12.1 Å². The van der Waals surface area contributed by atoms with Crippen LogP contribution in [0.4, 0.5) is 11.4 Å². The predicted molar refractivity (Wildman–Crippen MR) is 81.6 cm³/mol. The van der Waals surface area contributed by atoms with E-state index < -0.39 is 0 Å². The van der Waals surface area contributed by atoms with Gasteiger partial charge < -0.3 is 16.4 Å². The molecule has 2 fully saturated rings. The van der Waals surface area contributed by atoms with Crippen LogP contribution in [0.1, 0.15) is 38.5 Å². The molecular weight excluding hydrogens is 250 g/mol. The van der Waals surface area contributed by atoms with E-state index in [2.05, 4.69) is 10.6 Å². The number of carbonyl (C=O) groups is 1. The summed E-state index contributed by atoms with van der Waals surface area (Å²) in [6, 6.07) is 8.80. The standard InChI is InChI=1S/C16H23N3O/c17-12-2-1-3-15(10-12)18-13-6-8-14(9-7-13)19-16(20)11-4-5-11/h6-9,11-12,15,18H,1-5,10,17H2,(H,19,20). The number of anilines is 2. The first kappa shape index (κ1) is 13.4. The second kappa shape index (κ2) is 5.83. The lowest BCUT2D eigenvalue weighted by Gasteiger charge is -2.28. The van der Waals surface area contributed by atoms with Gasteiger partial charge in [-0.05, 0) is 62.8 Å². The lowest BCUT2D eigenvalue weighted by Crippen LogP contribution is -2.34. The number of nitrogens with two attached hydrogens (primary N) is 1. The molecule has 2 saturated carbocycles. The fourth-order valence-corrected chi connectivity index (χ4v) is 2.83. The van der Waals surface area contributed by atoms with Gasteiger partial charge in [-0.1, -0.05) is 0 Å². The van der Waals surface area contributed by atoms with Crippen LogP contribution in [0.3, 0.4) is 0 Å². The molecule has 0 aromatic heterocycles. The monoisotopic (exact) mass is 273 g/mol. The molecule has 0 heterocycles. The van der Waals surface area contributed by atoms with Crippen LogP contribution in [0.2, 0.25) is 0 Å². The van der Waals surface area contributed by atoms with Crippen molar-refractivity contribution >= 4 is 17.3 Å². The zero-order valence-electron chi connectivity index (χ0n) is 11.8. The van der Waals surface area contributed by atoms with Gasteiger partial charge >= 0.3 is 0 Å². The normalized spacial score (nSPS) is 26.1. The molecule has 0 aliphatic heterocycles. The maximum absolute atomic E-state index is 11.7. The van der Waals surface area contributed by atoms with E-state index in [4.69, 9.17) is 5.73 Å². The summed E-state index contributed by atoms with van der Waals surface area (Å²) in [6.45, 7) is 0. The first-order chi connectivity index (χ1) is 9.70. The lowest BCUT2D eigenvalue weighted by atomic mass is 9.91. The minimum atomic E-state index is 0.156. The molecule has 1 aromatic rings. The Labute approximate surface area is 120 Å². The maximum Gasteiger partial charge on any atom is 0.227 e. The first-order valence-electron chi connectivity index (χ1n) is 7.64. The molecule has 0 saturated heterocycles. The van der Waals surface area contributed by atoms with Gasteiger partial charge in [0.05, 0.1) is 0 Å². The van der Waals surface area contributed by atoms with Crippen molar-refractivity contribution in [3.05, 3.63) is 24.3 Å². The highest BCUT2D eigenvalue weighted by atomic mass is 16.2. The van der Waals surface area contributed by atoms with Crippen LogP contribution in [-0.2, 0) is 4.79 Å². The first-order valence-corrected chi connectivity index (χ1v) is 7.64. The Balaban J connectivity index is 1.54. The third-order valence-corrected chi connectivity index (χ3v) is 4.19. The number of amides is 1. The highest BCUT2D eigenvalue weighted by molar-refractivity contribution is 5.94. The molecule has 0 radical (unpaired) electrons. The number of benzene rings is 1. The van der Waals surface area contributed by atoms with E-state index in [9.17, 15) is 4.79 Å². The molecular formula is C16H23N3O. The average molecular weight is 273 g/mol. The quantitative estimate of drug-likeness (QED) is 0.790. The highest BCUT2D eigenvalue weighted by Gasteiger charge is 2.29. The van der Waals surface area contributed by atoms with Crippen molar-refractivity contribution in [1.82, 2.24) is 0 Å². The summed E-state index contributed by atoms with van der Waals surface area (Å²) >= 11 is 0. The Bertz CT molecular complexity index is 467. The summed E-state index contributed by atoms with van der Waals surface area (Å²) < 4.78 is 0. The second-order valence-corrected chi connectivity index (χ2v) is 6.11. The molecule has 2 aliphatic rings. The molecule has 1 amide bonds. The van der Waals surface area contributed by atoms with E-state index in [1.807, 2.05) is 24.3 Å². The zero-order valence-corrected chi connectivity index (χ0v) is 11.8. The summed E-state index contributed by atoms with van der Waals surface area (Å²) in [6.07, 6.45) is 6.65. The molecule has 4 heteroatoms. The Morgan fingerprint density at radius 3 is 2.40 bits per heavy atom. The molecule has 4 nitrogen and oxygen atoms in total. The van der Waals surface area contributed by atoms with Gasteiger partial charge in [-0.15, -0.1) is 0 Å². The minimum Gasteiger partial charge on any atom is -0.382 e. The van der Waals surface area contributed by atoms with Gasteiger partial charge in [0.2, 0.25) is 5.91 Å². The second-order valence-electron chi connectivity index (χ2n) is 6.11. The Hall–Kier alpha value is -1.55. The molecule has 1 aromatic carbocycles. The van der Waals surface area contributed by atoms with Crippen molar-refractivity contribution in [2.45, 2.75) is 50.6 Å². The van der Waals surface area contributed by atoms with Crippen LogP contribution >= 0.6 is 0 Å². The van der Waals surface area contributed by atoms with E-state index >= 15 is 0 Å². The van der Waals surface area contributed by atoms with Gasteiger partial charge in [0.25, 0.3) is 0 Å². The van der Waals surface area contributed by atoms with Crippen molar-refractivity contribution in [2.75, 3.05) is 10.6 Å². The van der Waals surface area contributed by atoms with Crippen LogP contribution in [0.5, 0.6) is 0 Å². The Kier molecular flexibility index (Phi) is 3.92. The fourth-order valence-electron chi connectivity index (χ4n) is 2.83. The van der Waals surface area contributed by atoms with Gasteiger partial charge in [-0.25, -0.2) is 0 Å². The van der Waals surface area contributed by atoms with E-state index in [-0.39, 0.29) is 11.8 Å². The van der Waals surface area contributed by atoms with Gasteiger partial charge in [0.1, 0.15) is 0 Å². The summed E-state index contributed by atoms with van der Waals surface area (Å²) in [4.78, 5) is 11.7. The SMILES string of the molecule is NC1CCCC(Nc2ccc(NC(=O)C3CC3)cc2)C1. The molecule has 2 atom stereocenters. The van der Waals surface area contributed by atoms with Crippen molar-refractivity contribution < 1.29 is 4.79 Å².